The molecule has 96 valence electrons. The molecule has 0 fully saturated rings. The zero-order chi connectivity index (χ0) is 13.1. The van der Waals surface area contributed by atoms with Crippen LogP contribution in [0.2, 0.25) is 0 Å². The first-order valence-electron chi connectivity index (χ1n) is 6.27. The minimum absolute atomic E-state index is 0.138. The number of rotatable bonds is 5. The number of hydrogen-bond acceptors (Lipinski definition) is 2. The Morgan fingerprint density at radius 3 is 2.00 bits per heavy atom. The number of hydrogen-bond donors (Lipinski definition) is 2. The van der Waals surface area contributed by atoms with E-state index in [1.807, 2.05) is 13.8 Å². The van der Waals surface area contributed by atoms with Crippen LogP contribution >= 0.6 is 0 Å². The second kappa shape index (κ2) is 5.19. The van der Waals surface area contributed by atoms with E-state index in [0.717, 1.165) is 13.1 Å². The van der Waals surface area contributed by atoms with E-state index in [1.165, 1.54) is 11.1 Å². The highest BCUT2D eigenvalue weighted by molar-refractivity contribution is 5.27. The van der Waals surface area contributed by atoms with Crippen LogP contribution in [0.15, 0.2) is 24.3 Å². The van der Waals surface area contributed by atoms with E-state index in [4.69, 9.17) is 5.73 Å². The first-order chi connectivity index (χ1) is 7.71. The van der Waals surface area contributed by atoms with Gasteiger partial charge in [-0.25, -0.2) is 0 Å². The first-order valence-corrected chi connectivity index (χ1v) is 6.27. The van der Waals surface area contributed by atoms with E-state index in [9.17, 15) is 0 Å². The molecule has 0 heterocycles. The smallest absolute Gasteiger partial charge is 0.0223 e. The van der Waals surface area contributed by atoms with E-state index in [2.05, 4.69) is 50.4 Å². The Bertz CT molecular complexity index is 344. The highest BCUT2D eigenvalue weighted by Crippen LogP contribution is 2.22. The summed E-state index contributed by atoms with van der Waals surface area (Å²) in [6.07, 6.45) is 0. The summed E-state index contributed by atoms with van der Waals surface area (Å²) in [5.41, 5.74) is 8.62. The van der Waals surface area contributed by atoms with Gasteiger partial charge in [0.1, 0.15) is 0 Å². The van der Waals surface area contributed by atoms with Gasteiger partial charge in [0, 0.05) is 24.0 Å². The molecule has 2 nitrogen and oxygen atoms in total. The van der Waals surface area contributed by atoms with Gasteiger partial charge in [-0.3, -0.25) is 0 Å². The Morgan fingerprint density at radius 1 is 1.00 bits per heavy atom. The van der Waals surface area contributed by atoms with Crippen molar-refractivity contribution in [2.24, 2.45) is 5.73 Å². The van der Waals surface area contributed by atoms with Crippen LogP contribution in [0.1, 0.15) is 38.8 Å². The molecule has 0 aromatic heterocycles. The minimum Gasteiger partial charge on any atom is -0.324 e. The molecule has 3 N–H and O–H groups in total. The molecule has 17 heavy (non-hydrogen) atoms. The van der Waals surface area contributed by atoms with Crippen LogP contribution in [0.4, 0.5) is 0 Å². The van der Waals surface area contributed by atoms with E-state index in [1.54, 1.807) is 0 Å². The summed E-state index contributed by atoms with van der Waals surface area (Å²) in [4.78, 5) is 0. The molecular weight excluding hydrogens is 208 g/mol. The summed E-state index contributed by atoms with van der Waals surface area (Å²) < 4.78 is 0. The lowest BCUT2D eigenvalue weighted by Gasteiger charge is -2.28. The quantitative estimate of drug-likeness (QED) is 0.822. The van der Waals surface area contributed by atoms with Crippen LogP contribution in [-0.2, 0) is 5.41 Å². The highest BCUT2D eigenvalue weighted by atomic mass is 14.9. The van der Waals surface area contributed by atoms with Crippen molar-refractivity contribution >= 4 is 0 Å². The Balaban J connectivity index is 2.59. The van der Waals surface area contributed by atoms with E-state index in [0.29, 0.717) is 0 Å². The molecule has 2 heteroatoms. The maximum absolute atomic E-state index is 5.96. The van der Waals surface area contributed by atoms with Crippen LogP contribution in [0, 0.1) is 6.92 Å². The fraction of sp³-hybridized carbons (Fsp3) is 0.600. The van der Waals surface area contributed by atoms with Gasteiger partial charge in [-0.15, -0.1) is 0 Å². The molecule has 0 radical (unpaired) electrons. The second-order valence-corrected chi connectivity index (χ2v) is 6.34. The lowest BCUT2D eigenvalue weighted by Crippen LogP contribution is -2.46. The van der Waals surface area contributed by atoms with Crippen LogP contribution in [0.25, 0.3) is 0 Å². The number of aryl methyl sites for hydroxylation is 1. The Labute approximate surface area is 106 Å². The van der Waals surface area contributed by atoms with Gasteiger partial charge in [0.2, 0.25) is 0 Å². The predicted molar refractivity (Wildman–Crippen MR) is 75.3 cm³/mol. The summed E-state index contributed by atoms with van der Waals surface area (Å²) in [5.74, 6) is 0. The topological polar surface area (TPSA) is 38.0 Å². The molecule has 0 aliphatic heterocycles. The zero-order valence-corrected chi connectivity index (χ0v) is 11.8. The van der Waals surface area contributed by atoms with Gasteiger partial charge in [-0.2, -0.15) is 0 Å². The molecule has 1 aromatic rings. The monoisotopic (exact) mass is 234 g/mol. The van der Waals surface area contributed by atoms with Gasteiger partial charge in [0.05, 0.1) is 0 Å². The van der Waals surface area contributed by atoms with Gasteiger partial charge in [-0.1, -0.05) is 43.7 Å². The Morgan fingerprint density at radius 2 is 1.53 bits per heavy atom. The minimum atomic E-state index is -0.149. The predicted octanol–water partition coefficient (Wildman–Crippen LogP) is 2.60. The summed E-state index contributed by atoms with van der Waals surface area (Å²) in [7, 11) is 0. The molecule has 0 amide bonds. The average Bonchev–Trinajstić information content (AvgIpc) is 2.15. The fourth-order valence-corrected chi connectivity index (χ4v) is 1.80. The molecule has 0 saturated carbocycles. The Kier molecular flexibility index (Phi) is 4.34. The van der Waals surface area contributed by atoms with Gasteiger partial charge < -0.3 is 11.1 Å². The molecule has 0 saturated heterocycles. The van der Waals surface area contributed by atoms with Crippen molar-refractivity contribution in [3.8, 4) is 0 Å². The molecular formula is C15H26N2. The van der Waals surface area contributed by atoms with Gasteiger partial charge in [0.15, 0.2) is 0 Å². The molecule has 1 rings (SSSR count). The third-order valence-corrected chi connectivity index (χ3v) is 2.98. The summed E-state index contributed by atoms with van der Waals surface area (Å²) >= 11 is 0. The van der Waals surface area contributed by atoms with Crippen molar-refractivity contribution in [1.29, 1.82) is 0 Å². The molecule has 0 spiro atoms. The highest BCUT2D eigenvalue weighted by Gasteiger charge is 2.21. The molecule has 0 aliphatic carbocycles. The van der Waals surface area contributed by atoms with Gasteiger partial charge in [0.25, 0.3) is 0 Å². The van der Waals surface area contributed by atoms with Crippen molar-refractivity contribution < 1.29 is 0 Å². The average molecular weight is 234 g/mol. The zero-order valence-electron chi connectivity index (χ0n) is 11.8. The standard InChI is InChI=1S/C15H26N2/c1-12-6-8-13(9-7-12)14(2,3)10-17-11-15(4,5)16/h6-9,17H,10-11,16H2,1-5H3. The SMILES string of the molecule is Cc1ccc(C(C)(C)CNCC(C)(C)N)cc1. The summed E-state index contributed by atoms with van der Waals surface area (Å²) in [6.45, 7) is 12.5. The van der Waals surface area contributed by atoms with Crippen LogP contribution in [-0.4, -0.2) is 18.6 Å². The van der Waals surface area contributed by atoms with E-state index in [-0.39, 0.29) is 11.0 Å². The van der Waals surface area contributed by atoms with Crippen molar-refractivity contribution in [2.45, 2.75) is 45.6 Å². The fourth-order valence-electron chi connectivity index (χ4n) is 1.80. The first kappa shape index (κ1) is 14.2. The lowest BCUT2D eigenvalue weighted by molar-refractivity contribution is 0.411. The number of benzene rings is 1. The molecule has 0 aliphatic rings. The van der Waals surface area contributed by atoms with Crippen molar-refractivity contribution in [1.82, 2.24) is 5.32 Å². The van der Waals surface area contributed by atoms with Crippen molar-refractivity contribution in [3.05, 3.63) is 35.4 Å². The van der Waals surface area contributed by atoms with Gasteiger partial charge >= 0.3 is 0 Å². The molecule has 0 atom stereocenters. The number of nitrogens with one attached hydrogen (secondary N) is 1. The van der Waals surface area contributed by atoms with Crippen molar-refractivity contribution in [3.63, 3.8) is 0 Å². The van der Waals surface area contributed by atoms with Crippen LogP contribution in [0.3, 0.4) is 0 Å². The van der Waals surface area contributed by atoms with E-state index >= 15 is 0 Å². The van der Waals surface area contributed by atoms with Crippen LogP contribution in [0.5, 0.6) is 0 Å². The largest absolute Gasteiger partial charge is 0.324 e. The molecule has 0 unspecified atom stereocenters. The summed E-state index contributed by atoms with van der Waals surface area (Å²) in [5, 5.41) is 3.45. The van der Waals surface area contributed by atoms with Gasteiger partial charge in [-0.05, 0) is 26.3 Å². The second-order valence-electron chi connectivity index (χ2n) is 6.34. The maximum atomic E-state index is 5.96. The van der Waals surface area contributed by atoms with E-state index < -0.39 is 0 Å². The Hall–Kier alpha value is -0.860. The summed E-state index contributed by atoms with van der Waals surface area (Å²) in [6, 6.07) is 8.77. The molecule has 0 bridgehead atoms. The third-order valence-electron chi connectivity index (χ3n) is 2.98. The van der Waals surface area contributed by atoms with Crippen molar-refractivity contribution in [2.75, 3.05) is 13.1 Å². The number of nitrogens with two attached hydrogens (primary N) is 1. The lowest BCUT2D eigenvalue weighted by atomic mass is 9.84. The van der Waals surface area contributed by atoms with Crippen LogP contribution < -0.4 is 11.1 Å². The molecule has 1 aromatic carbocycles. The third kappa shape index (κ3) is 4.88. The maximum Gasteiger partial charge on any atom is 0.0223 e. The normalized spacial score (nSPS) is 12.8.